The molecule has 0 aliphatic carbocycles. The number of urea groups is 1. The molecule has 116 valence electrons. The molecule has 2 amide bonds. The molecule has 0 saturated carbocycles. The molecule has 0 aliphatic rings. The molecule has 0 heterocycles. The van der Waals surface area contributed by atoms with Gasteiger partial charge < -0.3 is 20.5 Å². The standard InChI is InChI=1S/C15H22N2O4/c1-3-13(10-21-2)17-15(20)16-9-12-7-5-4-6-11(12)8-14(18)19/h4-7,13H,3,8-10H2,1-2H3,(H,18,19)(H2,16,17,20). The monoisotopic (exact) mass is 294 g/mol. The highest BCUT2D eigenvalue weighted by Gasteiger charge is 2.11. The van der Waals surface area contributed by atoms with Crippen LogP contribution in [0.3, 0.4) is 0 Å². The van der Waals surface area contributed by atoms with Crippen molar-refractivity contribution < 1.29 is 19.4 Å². The summed E-state index contributed by atoms with van der Waals surface area (Å²) in [6.07, 6.45) is 0.720. The first-order chi connectivity index (χ1) is 10.1. The summed E-state index contributed by atoms with van der Waals surface area (Å²) in [4.78, 5) is 22.6. The average molecular weight is 294 g/mol. The van der Waals surface area contributed by atoms with Gasteiger partial charge in [0.25, 0.3) is 0 Å². The highest BCUT2D eigenvalue weighted by atomic mass is 16.5. The van der Waals surface area contributed by atoms with Gasteiger partial charge in [-0.3, -0.25) is 4.79 Å². The highest BCUT2D eigenvalue weighted by Crippen LogP contribution is 2.09. The molecule has 0 aromatic heterocycles. The van der Waals surface area contributed by atoms with Crippen LogP contribution in [0.25, 0.3) is 0 Å². The van der Waals surface area contributed by atoms with Gasteiger partial charge in [-0.2, -0.15) is 0 Å². The summed E-state index contributed by atoms with van der Waals surface area (Å²) in [7, 11) is 1.59. The van der Waals surface area contributed by atoms with Crippen molar-refractivity contribution in [2.75, 3.05) is 13.7 Å². The molecule has 0 spiro atoms. The lowest BCUT2D eigenvalue weighted by Gasteiger charge is -2.17. The Balaban J connectivity index is 2.54. The van der Waals surface area contributed by atoms with Gasteiger partial charge in [-0.25, -0.2) is 4.79 Å². The number of aliphatic carboxylic acids is 1. The fourth-order valence-electron chi connectivity index (χ4n) is 1.94. The minimum Gasteiger partial charge on any atom is -0.481 e. The van der Waals surface area contributed by atoms with E-state index in [4.69, 9.17) is 9.84 Å². The zero-order chi connectivity index (χ0) is 15.7. The van der Waals surface area contributed by atoms with Crippen molar-refractivity contribution in [1.82, 2.24) is 10.6 Å². The number of carboxylic acids is 1. The van der Waals surface area contributed by atoms with E-state index < -0.39 is 5.97 Å². The molecule has 1 atom stereocenters. The van der Waals surface area contributed by atoms with Gasteiger partial charge in [0, 0.05) is 13.7 Å². The number of hydrogen-bond acceptors (Lipinski definition) is 3. The van der Waals surface area contributed by atoms with Crippen molar-refractivity contribution in [3.8, 4) is 0 Å². The molecule has 0 fully saturated rings. The summed E-state index contributed by atoms with van der Waals surface area (Å²) in [5.74, 6) is -0.891. The summed E-state index contributed by atoms with van der Waals surface area (Å²) in [6, 6.07) is 6.84. The smallest absolute Gasteiger partial charge is 0.315 e. The van der Waals surface area contributed by atoms with Crippen molar-refractivity contribution in [1.29, 1.82) is 0 Å². The Bertz CT molecular complexity index is 476. The molecular formula is C15H22N2O4. The van der Waals surface area contributed by atoms with E-state index in [0.29, 0.717) is 18.7 Å². The zero-order valence-electron chi connectivity index (χ0n) is 12.4. The molecule has 1 unspecified atom stereocenters. The van der Waals surface area contributed by atoms with Crippen molar-refractivity contribution in [2.24, 2.45) is 0 Å². The molecule has 0 bridgehead atoms. The Morgan fingerprint density at radius 3 is 2.52 bits per heavy atom. The third-order valence-corrected chi connectivity index (χ3v) is 3.10. The van der Waals surface area contributed by atoms with Crippen molar-refractivity contribution in [3.05, 3.63) is 35.4 Å². The zero-order valence-corrected chi connectivity index (χ0v) is 12.4. The second-order valence-corrected chi connectivity index (χ2v) is 4.73. The predicted molar refractivity (Wildman–Crippen MR) is 79.1 cm³/mol. The number of hydrogen-bond donors (Lipinski definition) is 3. The van der Waals surface area contributed by atoms with E-state index in [1.54, 1.807) is 19.2 Å². The first-order valence-corrected chi connectivity index (χ1v) is 6.88. The van der Waals surface area contributed by atoms with Crippen LogP contribution >= 0.6 is 0 Å². The van der Waals surface area contributed by atoms with Gasteiger partial charge in [0.05, 0.1) is 19.1 Å². The summed E-state index contributed by atoms with van der Waals surface area (Å²) in [5, 5.41) is 14.4. The Labute approximate surface area is 124 Å². The molecule has 21 heavy (non-hydrogen) atoms. The van der Waals surface area contributed by atoms with E-state index in [0.717, 1.165) is 12.0 Å². The van der Waals surface area contributed by atoms with E-state index in [1.807, 2.05) is 19.1 Å². The number of rotatable bonds is 8. The molecule has 6 nitrogen and oxygen atoms in total. The molecule has 1 rings (SSSR count). The van der Waals surface area contributed by atoms with Crippen molar-refractivity contribution in [3.63, 3.8) is 0 Å². The third-order valence-electron chi connectivity index (χ3n) is 3.10. The quantitative estimate of drug-likeness (QED) is 0.678. The van der Waals surface area contributed by atoms with E-state index in [2.05, 4.69) is 10.6 Å². The third kappa shape index (κ3) is 6.27. The van der Waals surface area contributed by atoms with Crippen LogP contribution in [0, 0.1) is 0 Å². The Morgan fingerprint density at radius 2 is 1.95 bits per heavy atom. The Hall–Kier alpha value is -2.08. The van der Waals surface area contributed by atoms with Crippen LogP contribution in [0.2, 0.25) is 0 Å². The number of amides is 2. The molecule has 1 aromatic rings. The topological polar surface area (TPSA) is 87.7 Å². The minimum atomic E-state index is -0.891. The van der Waals surface area contributed by atoms with Crippen LogP contribution in [0.4, 0.5) is 4.79 Å². The van der Waals surface area contributed by atoms with Gasteiger partial charge >= 0.3 is 12.0 Å². The van der Waals surface area contributed by atoms with Crippen LogP contribution in [0.1, 0.15) is 24.5 Å². The van der Waals surface area contributed by atoms with Gasteiger partial charge in [-0.05, 0) is 17.5 Å². The summed E-state index contributed by atoms with van der Waals surface area (Å²) >= 11 is 0. The van der Waals surface area contributed by atoms with Gasteiger partial charge in [-0.1, -0.05) is 31.2 Å². The first kappa shape index (κ1) is 17.0. The van der Waals surface area contributed by atoms with Gasteiger partial charge in [0.15, 0.2) is 0 Å². The fourth-order valence-corrected chi connectivity index (χ4v) is 1.94. The average Bonchev–Trinajstić information content (AvgIpc) is 2.45. The van der Waals surface area contributed by atoms with E-state index in [9.17, 15) is 9.59 Å². The number of methoxy groups -OCH3 is 1. The molecular weight excluding hydrogens is 272 g/mol. The van der Waals surface area contributed by atoms with Gasteiger partial charge in [0.1, 0.15) is 0 Å². The van der Waals surface area contributed by atoms with Crippen LogP contribution in [0.5, 0.6) is 0 Å². The predicted octanol–water partition coefficient (Wildman–Crippen LogP) is 1.54. The van der Waals surface area contributed by atoms with Crippen LogP contribution < -0.4 is 10.6 Å². The van der Waals surface area contributed by atoms with E-state index in [-0.39, 0.29) is 18.5 Å². The number of carboxylic acid groups (broad SMARTS) is 1. The molecule has 0 radical (unpaired) electrons. The Kier molecular flexibility index (Phi) is 7.25. The van der Waals surface area contributed by atoms with Gasteiger partial charge in [-0.15, -0.1) is 0 Å². The number of carbonyl (C=O) groups is 2. The molecule has 3 N–H and O–H groups in total. The number of benzene rings is 1. The Morgan fingerprint density at radius 1 is 1.29 bits per heavy atom. The van der Waals surface area contributed by atoms with Crippen LogP contribution in [-0.2, 0) is 22.5 Å². The number of nitrogens with one attached hydrogen (secondary N) is 2. The molecule has 0 aliphatic heterocycles. The largest absolute Gasteiger partial charge is 0.481 e. The minimum absolute atomic E-state index is 0.0377. The maximum atomic E-state index is 11.8. The second kappa shape index (κ2) is 8.97. The normalized spacial score (nSPS) is 11.7. The summed E-state index contributed by atoms with van der Waals surface area (Å²) in [6.45, 7) is 2.71. The fraction of sp³-hybridized carbons (Fsp3) is 0.467. The van der Waals surface area contributed by atoms with E-state index in [1.165, 1.54) is 0 Å². The summed E-state index contributed by atoms with van der Waals surface area (Å²) < 4.78 is 5.01. The van der Waals surface area contributed by atoms with Gasteiger partial charge in [0.2, 0.25) is 0 Å². The lowest BCUT2D eigenvalue weighted by molar-refractivity contribution is -0.136. The molecule has 0 saturated heterocycles. The first-order valence-electron chi connectivity index (χ1n) is 6.88. The lowest BCUT2D eigenvalue weighted by atomic mass is 10.0. The second-order valence-electron chi connectivity index (χ2n) is 4.73. The van der Waals surface area contributed by atoms with E-state index >= 15 is 0 Å². The number of ether oxygens (including phenoxy) is 1. The maximum absolute atomic E-state index is 11.8. The van der Waals surface area contributed by atoms with Crippen LogP contribution in [-0.4, -0.2) is 36.9 Å². The number of carbonyl (C=O) groups excluding carboxylic acids is 1. The molecule has 6 heteroatoms. The highest BCUT2D eigenvalue weighted by molar-refractivity contribution is 5.74. The SMILES string of the molecule is CCC(COC)NC(=O)NCc1ccccc1CC(=O)O. The van der Waals surface area contributed by atoms with Crippen molar-refractivity contribution in [2.45, 2.75) is 32.4 Å². The van der Waals surface area contributed by atoms with Crippen LogP contribution in [0.15, 0.2) is 24.3 Å². The lowest BCUT2D eigenvalue weighted by Crippen LogP contribution is -2.43. The molecule has 1 aromatic carbocycles. The maximum Gasteiger partial charge on any atom is 0.315 e. The summed E-state index contributed by atoms with van der Waals surface area (Å²) in [5.41, 5.74) is 1.50. The van der Waals surface area contributed by atoms with Crippen molar-refractivity contribution >= 4 is 12.0 Å².